The molecule has 0 radical (unpaired) electrons. The van der Waals surface area contributed by atoms with E-state index in [1.165, 1.54) is 12.8 Å². The average Bonchev–Trinajstić information content (AvgIpc) is 2.31. The molecule has 0 aromatic carbocycles. The Hall–Kier alpha value is -0.840. The number of nitrogens with one attached hydrogen (secondary N) is 2. The largest absolute Gasteiger partial charge is 0.367 e. The molecule has 2 N–H and O–H groups in total. The van der Waals surface area contributed by atoms with Gasteiger partial charge >= 0.3 is 0 Å². The van der Waals surface area contributed by atoms with Crippen LogP contribution in [0.25, 0.3) is 0 Å². The van der Waals surface area contributed by atoms with E-state index in [4.69, 9.17) is 0 Å². The molecule has 4 nitrogen and oxygen atoms in total. The summed E-state index contributed by atoms with van der Waals surface area (Å²) in [6, 6.07) is 0.427. The van der Waals surface area contributed by atoms with Gasteiger partial charge in [-0.1, -0.05) is 19.8 Å². The second kappa shape index (κ2) is 7.48. The monoisotopic (exact) mass is 300 g/mol. The summed E-state index contributed by atoms with van der Waals surface area (Å²) in [5.74, 6) is 1.53. The summed E-state index contributed by atoms with van der Waals surface area (Å²) in [7, 11) is 0. The summed E-state index contributed by atoms with van der Waals surface area (Å²) in [6.07, 6.45) is 5.39. The number of hydrogen-bond acceptors (Lipinski definition) is 4. The molecule has 1 atom stereocenters. The molecule has 0 aliphatic heterocycles. The maximum atomic E-state index is 4.43. The van der Waals surface area contributed by atoms with Crippen molar-refractivity contribution >= 4 is 27.7 Å². The van der Waals surface area contributed by atoms with Crippen LogP contribution in [0.1, 0.15) is 40.0 Å². The number of rotatable bonds is 7. The van der Waals surface area contributed by atoms with Crippen molar-refractivity contribution < 1.29 is 0 Å². The van der Waals surface area contributed by atoms with Crippen molar-refractivity contribution in [3.63, 3.8) is 0 Å². The predicted molar refractivity (Wildman–Crippen MR) is 76.5 cm³/mol. The van der Waals surface area contributed by atoms with Crippen molar-refractivity contribution in [3.8, 4) is 0 Å². The van der Waals surface area contributed by atoms with Gasteiger partial charge in [-0.2, -0.15) is 4.98 Å². The third kappa shape index (κ3) is 4.89. The van der Waals surface area contributed by atoms with E-state index in [0.717, 1.165) is 23.3 Å². The highest BCUT2D eigenvalue weighted by atomic mass is 79.9. The topological polar surface area (TPSA) is 49.8 Å². The molecule has 17 heavy (non-hydrogen) atoms. The van der Waals surface area contributed by atoms with Gasteiger partial charge in [0.1, 0.15) is 5.82 Å². The molecule has 1 aromatic heterocycles. The highest BCUT2D eigenvalue weighted by Gasteiger charge is 2.07. The van der Waals surface area contributed by atoms with Crippen LogP contribution in [0.4, 0.5) is 11.8 Å². The van der Waals surface area contributed by atoms with Crippen LogP contribution >= 0.6 is 15.9 Å². The quantitative estimate of drug-likeness (QED) is 0.807. The molecule has 0 amide bonds. The maximum absolute atomic E-state index is 4.43. The Bertz CT molecular complexity index is 343. The van der Waals surface area contributed by atoms with Gasteiger partial charge in [-0.25, -0.2) is 4.98 Å². The van der Waals surface area contributed by atoms with Gasteiger partial charge in [-0.05, 0) is 36.2 Å². The smallest absolute Gasteiger partial charge is 0.224 e. The zero-order valence-electron chi connectivity index (χ0n) is 10.8. The Kier molecular flexibility index (Phi) is 6.26. The van der Waals surface area contributed by atoms with Gasteiger partial charge in [0.2, 0.25) is 5.95 Å². The zero-order valence-corrected chi connectivity index (χ0v) is 12.3. The van der Waals surface area contributed by atoms with E-state index in [1.54, 1.807) is 6.20 Å². The van der Waals surface area contributed by atoms with Crippen molar-refractivity contribution in [2.75, 3.05) is 17.2 Å². The molecule has 1 unspecified atom stereocenters. The number of aromatic nitrogens is 2. The third-order valence-electron chi connectivity index (χ3n) is 2.45. The van der Waals surface area contributed by atoms with E-state index in [2.05, 4.69) is 50.4 Å². The van der Waals surface area contributed by atoms with Gasteiger partial charge in [0, 0.05) is 18.8 Å². The summed E-state index contributed by atoms with van der Waals surface area (Å²) < 4.78 is 0.905. The molecular formula is C12H21BrN4. The summed E-state index contributed by atoms with van der Waals surface area (Å²) in [5, 5.41) is 6.51. The lowest BCUT2D eigenvalue weighted by molar-refractivity contribution is 0.642. The molecule has 1 heterocycles. The Morgan fingerprint density at radius 3 is 2.82 bits per heavy atom. The van der Waals surface area contributed by atoms with Crippen LogP contribution in [0.3, 0.4) is 0 Å². The normalized spacial score (nSPS) is 12.2. The molecule has 0 aliphatic carbocycles. The van der Waals surface area contributed by atoms with Crippen LogP contribution in [0.2, 0.25) is 0 Å². The second-order valence-corrected chi connectivity index (χ2v) is 4.96. The van der Waals surface area contributed by atoms with Crippen molar-refractivity contribution in [2.24, 2.45) is 0 Å². The number of hydrogen-bond donors (Lipinski definition) is 2. The molecule has 0 fully saturated rings. The first-order valence-corrected chi connectivity index (χ1v) is 6.99. The lowest BCUT2D eigenvalue weighted by Crippen LogP contribution is -2.17. The highest BCUT2D eigenvalue weighted by Crippen LogP contribution is 2.21. The number of halogens is 1. The van der Waals surface area contributed by atoms with E-state index in [9.17, 15) is 0 Å². The molecule has 1 rings (SSSR count). The summed E-state index contributed by atoms with van der Waals surface area (Å²) in [5.41, 5.74) is 0. The first kappa shape index (κ1) is 14.2. The Balaban J connectivity index is 2.64. The Morgan fingerprint density at radius 2 is 2.18 bits per heavy atom. The van der Waals surface area contributed by atoms with Gasteiger partial charge in [0.25, 0.3) is 0 Å². The van der Waals surface area contributed by atoms with Crippen LogP contribution in [-0.4, -0.2) is 22.6 Å². The fourth-order valence-corrected chi connectivity index (χ4v) is 1.83. The van der Waals surface area contributed by atoms with E-state index in [1.807, 2.05) is 6.92 Å². The second-order valence-electron chi connectivity index (χ2n) is 4.11. The molecule has 0 aliphatic rings. The first-order valence-electron chi connectivity index (χ1n) is 6.20. The van der Waals surface area contributed by atoms with Gasteiger partial charge in [0.15, 0.2) is 0 Å². The van der Waals surface area contributed by atoms with Gasteiger partial charge in [-0.15, -0.1) is 0 Å². The van der Waals surface area contributed by atoms with Crippen LogP contribution < -0.4 is 10.6 Å². The van der Waals surface area contributed by atoms with Gasteiger partial charge in [0.05, 0.1) is 4.47 Å². The lowest BCUT2D eigenvalue weighted by Gasteiger charge is -2.15. The van der Waals surface area contributed by atoms with Gasteiger partial charge < -0.3 is 10.6 Å². The molecule has 0 bridgehead atoms. The zero-order chi connectivity index (χ0) is 12.7. The van der Waals surface area contributed by atoms with Crippen LogP contribution in [0.5, 0.6) is 0 Å². The number of unbranched alkanes of at least 4 members (excludes halogenated alkanes) is 1. The molecule has 1 aromatic rings. The summed E-state index contributed by atoms with van der Waals surface area (Å²) in [6.45, 7) is 7.24. The van der Waals surface area contributed by atoms with Crippen LogP contribution in [0, 0.1) is 0 Å². The van der Waals surface area contributed by atoms with E-state index in [-0.39, 0.29) is 0 Å². The van der Waals surface area contributed by atoms with E-state index < -0.39 is 0 Å². The molecule has 5 heteroatoms. The SMILES string of the molecule is CCCCC(C)Nc1nc(NCC)ncc1Br. The predicted octanol–water partition coefficient (Wildman–Crippen LogP) is 3.66. The fraction of sp³-hybridized carbons (Fsp3) is 0.667. The minimum atomic E-state index is 0.427. The highest BCUT2D eigenvalue weighted by molar-refractivity contribution is 9.10. The number of anilines is 2. The minimum absolute atomic E-state index is 0.427. The number of nitrogens with zero attached hydrogens (tertiary/aromatic N) is 2. The van der Waals surface area contributed by atoms with Crippen molar-refractivity contribution in [3.05, 3.63) is 10.7 Å². The molecular weight excluding hydrogens is 280 g/mol. The van der Waals surface area contributed by atoms with E-state index >= 15 is 0 Å². The third-order valence-corrected chi connectivity index (χ3v) is 3.03. The summed E-state index contributed by atoms with van der Waals surface area (Å²) in [4.78, 5) is 8.62. The average molecular weight is 301 g/mol. The molecule has 0 saturated heterocycles. The van der Waals surface area contributed by atoms with Gasteiger partial charge in [-0.3, -0.25) is 0 Å². The van der Waals surface area contributed by atoms with Crippen molar-refractivity contribution in [1.82, 2.24) is 9.97 Å². The summed E-state index contributed by atoms with van der Waals surface area (Å²) >= 11 is 3.46. The fourth-order valence-electron chi connectivity index (χ4n) is 1.53. The molecule has 96 valence electrons. The Morgan fingerprint density at radius 1 is 1.41 bits per heavy atom. The van der Waals surface area contributed by atoms with Crippen molar-refractivity contribution in [2.45, 2.75) is 46.1 Å². The standard InChI is InChI=1S/C12H21BrN4/c1-4-6-7-9(3)16-11-10(13)8-15-12(17-11)14-5-2/h8-9H,4-7H2,1-3H3,(H2,14,15,16,17). The maximum Gasteiger partial charge on any atom is 0.224 e. The lowest BCUT2D eigenvalue weighted by atomic mass is 10.1. The first-order chi connectivity index (χ1) is 8.17. The Labute approximate surface area is 112 Å². The molecule has 0 saturated carbocycles. The van der Waals surface area contributed by atoms with Crippen LogP contribution in [0.15, 0.2) is 10.7 Å². The van der Waals surface area contributed by atoms with E-state index in [0.29, 0.717) is 12.0 Å². The minimum Gasteiger partial charge on any atom is -0.367 e. The van der Waals surface area contributed by atoms with Crippen molar-refractivity contribution in [1.29, 1.82) is 0 Å². The van der Waals surface area contributed by atoms with Crippen LogP contribution in [-0.2, 0) is 0 Å². The molecule has 0 spiro atoms.